The Morgan fingerprint density at radius 3 is 2.23 bits per heavy atom. The van der Waals surface area contributed by atoms with E-state index in [1.54, 1.807) is 51.1 Å². The number of H-pyrrole nitrogens is 1. The number of rotatable bonds is 21. The summed E-state index contributed by atoms with van der Waals surface area (Å²) in [7, 11) is 0. The Labute approximate surface area is 328 Å². The van der Waals surface area contributed by atoms with Crippen LogP contribution in [0, 0.1) is 23.7 Å². The van der Waals surface area contributed by atoms with Crippen molar-refractivity contribution in [1.82, 2.24) is 41.3 Å². The number of aromatic nitrogens is 3. The highest BCUT2D eigenvalue weighted by Crippen LogP contribution is 2.42. The van der Waals surface area contributed by atoms with E-state index in [9.17, 15) is 38.7 Å². The van der Waals surface area contributed by atoms with Crippen LogP contribution in [0.15, 0.2) is 36.7 Å². The lowest BCUT2D eigenvalue weighted by Crippen LogP contribution is -2.60. The van der Waals surface area contributed by atoms with Gasteiger partial charge in [-0.1, -0.05) is 77.8 Å². The number of hydrogen-bond acceptors (Lipinski definition) is 9. The third-order valence-corrected chi connectivity index (χ3v) is 10.8. The average molecular weight is 779 g/mol. The maximum absolute atomic E-state index is 14.4. The number of benzene rings is 1. The Kier molecular flexibility index (Phi) is 16.1. The van der Waals surface area contributed by atoms with Crippen molar-refractivity contribution in [1.29, 1.82) is 0 Å². The van der Waals surface area contributed by atoms with Gasteiger partial charge in [0, 0.05) is 25.8 Å². The molecule has 2 aliphatic rings. The highest BCUT2D eigenvalue weighted by Gasteiger charge is 2.51. The Balaban J connectivity index is 1.43. The molecule has 0 spiro atoms. The molecule has 6 N–H and O–H groups in total. The molecule has 1 aliphatic heterocycles. The molecule has 1 saturated heterocycles. The molecule has 56 heavy (non-hydrogen) atoms. The Hall–Kier alpha value is -5.15. The van der Waals surface area contributed by atoms with E-state index in [1.165, 1.54) is 11.2 Å². The minimum absolute atomic E-state index is 0.0363. The van der Waals surface area contributed by atoms with Crippen LogP contribution in [0.3, 0.4) is 0 Å². The molecule has 0 radical (unpaired) electrons. The van der Waals surface area contributed by atoms with Crippen molar-refractivity contribution in [2.45, 2.75) is 129 Å². The first-order valence-electron chi connectivity index (χ1n) is 19.9. The number of unbranched alkanes of at least 4 members (excludes halogenated alkanes) is 1. The molecule has 16 heteroatoms. The molecule has 2 heterocycles. The molecule has 2 aromatic rings. The molecule has 5 amide bonds. The third-order valence-electron chi connectivity index (χ3n) is 10.8. The number of ketones is 1. The van der Waals surface area contributed by atoms with Crippen LogP contribution >= 0.6 is 0 Å². The topological polar surface area (TPSA) is 233 Å². The highest BCUT2D eigenvalue weighted by atomic mass is 16.4. The standard InChI is InChI=1S/C40H58N8O8/c1-6-13-28(35(50)38(53)44-29(40(55)56)20-25-14-8-7-9-15-25)43-37(52)34-27-17-12-16-26(27)21-48(34)39(54)33(24(4)5)46-36(51)32(23(2)3)45-31(49)19-11-10-18-30-41-22-42-47-30/h7-9,14-15,22-24,26-29,32-34H,6,10-13,16-21H2,1-5H3,(H,43,52)(H,44,53)(H,45,49)(H,46,51)(H,55,56)(H,41,42,47)/t26-,27-,28?,29+,32+,33-,34-/m0/s1. The van der Waals surface area contributed by atoms with Crippen LogP contribution in [0.25, 0.3) is 0 Å². The number of hydrogen-bond donors (Lipinski definition) is 6. The van der Waals surface area contributed by atoms with Gasteiger partial charge >= 0.3 is 5.97 Å². The van der Waals surface area contributed by atoms with Crippen LogP contribution < -0.4 is 21.3 Å². The van der Waals surface area contributed by atoms with E-state index in [1.807, 2.05) is 13.8 Å². The highest BCUT2D eigenvalue weighted by molar-refractivity contribution is 6.38. The minimum atomic E-state index is -1.36. The van der Waals surface area contributed by atoms with Gasteiger partial charge in [0.1, 0.15) is 36.3 Å². The zero-order valence-electron chi connectivity index (χ0n) is 33.1. The van der Waals surface area contributed by atoms with Gasteiger partial charge in [-0.2, -0.15) is 0 Å². The smallest absolute Gasteiger partial charge is 0.326 e. The van der Waals surface area contributed by atoms with Crippen LogP contribution in [0.1, 0.15) is 97.4 Å². The van der Waals surface area contributed by atoms with Crippen molar-refractivity contribution < 1.29 is 38.7 Å². The summed E-state index contributed by atoms with van der Waals surface area (Å²) in [4.78, 5) is 98.2. The zero-order chi connectivity index (χ0) is 40.9. The van der Waals surface area contributed by atoms with Crippen molar-refractivity contribution >= 4 is 41.3 Å². The van der Waals surface area contributed by atoms with Crippen molar-refractivity contribution in [2.24, 2.45) is 23.7 Å². The second kappa shape index (κ2) is 20.7. The molecule has 1 unspecified atom stereocenters. The second-order valence-electron chi connectivity index (χ2n) is 15.7. The Morgan fingerprint density at radius 1 is 0.893 bits per heavy atom. The van der Waals surface area contributed by atoms with Crippen LogP contribution in [-0.4, -0.2) is 103 Å². The largest absolute Gasteiger partial charge is 0.480 e. The van der Waals surface area contributed by atoms with Crippen molar-refractivity contribution in [2.75, 3.05) is 6.54 Å². The summed E-state index contributed by atoms with van der Waals surface area (Å²) in [6.45, 7) is 9.30. The number of likely N-dealkylation sites (tertiary alicyclic amines) is 1. The van der Waals surface area contributed by atoms with E-state index in [0.29, 0.717) is 44.2 Å². The number of carboxylic acids is 1. The fraction of sp³-hybridized carbons (Fsp3) is 0.625. The predicted molar refractivity (Wildman–Crippen MR) is 205 cm³/mol. The van der Waals surface area contributed by atoms with Gasteiger partial charge in [-0.3, -0.25) is 28.8 Å². The lowest BCUT2D eigenvalue weighted by Gasteiger charge is -2.34. The molecular formula is C40H58N8O8. The van der Waals surface area contributed by atoms with E-state index in [0.717, 1.165) is 18.7 Å². The minimum Gasteiger partial charge on any atom is -0.480 e. The number of aliphatic carboxylic acids is 1. The summed E-state index contributed by atoms with van der Waals surface area (Å²) in [5.41, 5.74) is 0.662. The quantitative estimate of drug-likeness (QED) is 0.0798. The Morgan fingerprint density at radius 2 is 1.61 bits per heavy atom. The number of nitrogens with one attached hydrogen (secondary N) is 5. The number of nitrogens with zero attached hydrogens (tertiary/aromatic N) is 3. The fourth-order valence-corrected chi connectivity index (χ4v) is 7.77. The van der Waals surface area contributed by atoms with Gasteiger partial charge in [-0.25, -0.2) is 4.79 Å². The van der Waals surface area contributed by atoms with Gasteiger partial charge in [0.15, 0.2) is 0 Å². The molecule has 4 rings (SSSR count). The number of carboxylic acid groups (broad SMARTS) is 1. The molecule has 1 aromatic carbocycles. The summed E-state index contributed by atoms with van der Waals surface area (Å²) in [6, 6.07) is 3.25. The first kappa shape index (κ1) is 43.6. The first-order chi connectivity index (χ1) is 26.7. The molecule has 7 atom stereocenters. The molecule has 2 fully saturated rings. The first-order valence-corrected chi connectivity index (χ1v) is 19.9. The van der Waals surface area contributed by atoms with Crippen molar-refractivity contribution in [3.05, 3.63) is 48.0 Å². The van der Waals surface area contributed by atoms with Gasteiger partial charge in [-0.15, -0.1) is 10.2 Å². The molecule has 16 nitrogen and oxygen atoms in total. The number of Topliss-reactive ketones (excluding diaryl/α,β-unsaturated/α-hetero) is 1. The molecule has 306 valence electrons. The van der Waals surface area contributed by atoms with Crippen LogP contribution in [0.4, 0.5) is 0 Å². The zero-order valence-corrected chi connectivity index (χ0v) is 33.1. The van der Waals surface area contributed by atoms with Gasteiger partial charge in [-0.05, 0) is 61.3 Å². The summed E-state index contributed by atoms with van der Waals surface area (Å²) in [5, 5.41) is 28.3. The molecule has 1 saturated carbocycles. The van der Waals surface area contributed by atoms with E-state index in [2.05, 4.69) is 36.4 Å². The number of carbonyl (C=O) groups is 7. The maximum atomic E-state index is 14.4. The van der Waals surface area contributed by atoms with E-state index in [-0.39, 0.29) is 48.8 Å². The maximum Gasteiger partial charge on any atom is 0.326 e. The molecule has 0 bridgehead atoms. The predicted octanol–water partition coefficient (Wildman–Crippen LogP) is 2.09. The molecular weight excluding hydrogens is 720 g/mol. The average Bonchev–Trinajstić information content (AvgIpc) is 3.92. The fourth-order valence-electron chi connectivity index (χ4n) is 7.77. The normalized spacial score (nSPS) is 19.8. The molecule has 1 aromatic heterocycles. The summed E-state index contributed by atoms with van der Waals surface area (Å²) < 4.78 is 0. The summed E-state index contributed by atoms with van der Waals surface area (Å²) in [6.07, 6.45) is 6.54. The third kappa shape index (κ3) is 11.7. The summed E-state index contributed by atoms with van der Waals surface area (Å²) >= 11 is 0. The number of aromatic amines is 1. The van der Waals surface area contributed by atoms with Gasteiger partial charge in [0.25, 0.3) is 5.91 Å². The van der Waals surface area contributed by atoms with Crippen LogP contribution in [0.2, 0.25) is 0 Å². The Bertz CT molecular complexity index is 1670. The van der Waals surface area contributed by atoms with Crippen molar-refractivity contribution in [3.63, 3.8) is 0 Å². The summed E-state index contributed by atoms with van der Waals surface area (Å²) in [5.74, 6) is -5.25. The number of aryl methyl sites for hydroxylation is 1. The van der Waals surface area contributed by atoms with Gasteiger partial charge in [0.05, 0.1) is 6.04 Å². The van der Waals surface area contributed by atoms with Gasteiger partial charge < -0.3 is 36.3 Å². The second-order valence-corrected chi connectivity index (χ2v) is 15.7. The number of fused-ring (bicyclic) bond motifs is 1. The van der Waals surface area contributed by atoms with E-state index < -0.39 is 65.6 Å². The van der Waals surface area contributed by atoms with Crippen LogP contribution in [-0.2, 0) is 46.4 Å². The van der Waals surface area contributed by atoms with E-state index in [4.69, 9.17) is 0 Å². The number of carbonyl (C=O) groups excluding carboxylic acids is 6. The SMILES string of the molecule is CCCC(NC(=O)[C@@H]1[C@H]2CCC[C@H]2CN1C(=O)[C@@H](NC(=O)[C@H](NC(=O)CCCCc1nnc[nH]1)C(C)C)C(C)C)C(=O)C(=O)N[C@H](Cc1ccccc1)C(=O)O. The monoisotopic (exact) mass is 778 g/mol. The van der Waals surface area contributed by atoms with E-state index >= 15 is 0 Å². The molecule has 1 aliphatic carbocycles. The lowest BCUT2D eigenvalue weighted by molar-refractivity contribution is -0.146. The van der Waals surface area contributed by atoms with Crippen LogP contribution in [0.5, 0.6) is 0 Å². The van der Waals surface area contributed by atoms with Gasteiger partial charge in [0.2, 0.25) is 29.4 Å². The number of amides is 5. The lowest BCUT2D eigenvalue weighted by atomic mass is 9.92. The van der Waals surface area contributed by atoms with Crippen molar-refractivity contribution in [3.8, 4) is 0 Å².